The lowest BCUT2D eigenvalue weighted by Gasteiger charge is -2.08. The third kappa shape index (κ3) is 3.23. The average Bonchev–Trinajstić information content (AvgIpc) is 2.84. The van der Waals surface area contributed by atoms with Crippen LogP contribution in [0, 0.1) is 4.77 Å². The quantitative estimate of drug-likeness (QED) is 0.731. The molecule has 0 amide bonds. The van der Waals surface area contributed by atoms with Crippen molar-refractivity contribution in [2.45, 2.75) is 13.0 Å². The van der Waals surface area contributed by atoms with E-state index in [1.807, 2.05) is 47.0 Å². The van der Waals surface area contributed by atoms with Gasteiger partial charge in [0.05, 0.1) is 6.54 Å². The SMILES string of the molecule is S=c1[nH]nc(Cc2ccccc2)n1Cc1ccccc1Cl. The molecule has 3 rings (SSSR count). The summed E-state index contributed by atoms with van der Waals surface area (Å²) in [5.41, 5.74) is 2.23. The molecule has 0 unspecified atom stereocenters. The van der Waals surface area contributed by atoms with Gasteiger partial charge in [0.1, 0.15) is 5.82 Å². The van der Waals surface area contributed by atoms with E-state index in [9.17, 15) is 0 Å². The fraction of sp³-hybridized carbons (Fsp3) is 0.125. The lowest BCUT2D eigenvalue weighted by Crippen LogP contribution is -2.06. The number of benzene rings is 2. The van der Waals surface area contributed by atoms with E-state index in [2.05, 4.69) is 22.3 Å². The Labute approximate surface area is 133 Å². The predicted octanol–water partition coefficient (Wildman–Crippen LogP) is 4.23. The van der Waals surface area contributed by atoms with Crippen LogP contribution < -0.4 is 0 Å². The Morgan fingerprint density at radius 1 is 1.05 bits per heavy atom. The third-order valence-electron chi connectivity index (χ3n) is 3.33. The molecule has 0 fully saturated rings. The van der Waals surface area contributed by atoms with E-state index in [-0.39, 0.29) is 0 Å². The van der Waals surface area contributed by atoms with Gasteiger partial charge >= 0.3 is 0 Å². The van der Waals surface area contributed by atoms with E-state index >= 15 is 0 Å². The van der Waals surface area contributed by atoms with Gasteiger partial charge < -0.3 is 0 Å². The summed E-state index contributed by atoms with van der Waals surface area (Å²) < 4.78 is 2.60. The first kappa shape index (κ1) is 14.0. The zero-order valence-corrected chi connectivity index (χ0v) is 12.9. The van der Waals surface area contributed by atoms with Crippen molar-refractivity contribution < 1.29 is 0 Å². The van der Waals surface area contributed by atoms with E-state index in [0.29, 0.717) is 11.3 Å². The van der Waals surface area contributed by atoms with Gasteiger partial charge in [-0.2, -0.15) is 5.10 Å². The molecule has 3 nitrogen and oxygen atoms in total. The van der Waals surface area contributed by atoms with Gasteiger partial charge in [-0.1, -0.05) is 60.1 Å². The summed E-state index contributed by atoms with van der Waals surface area (Å²) in [6.07, 6.45) is 0.735. The second kappa shape index (κ2) is 6.24. The summed E-state index contributed by atoms with van der Waals surface area (Å²) in [6.45, 7) is 0.622. The van der Waals surface area contributed by atoms with Crippen molar-refractivity contribution in [3.8, 4) is 0 Å². The molecule has 1 aromatic heterocycles. The number of nitrogens with zero attached hydrogens (tertiary/aromatic N) is 2. The summed E-state index contributed by atoms with van der Waals surface area (Å²) in [6, 6.07) is 18.0. The molecule has 0 radical (unpaired) electrons. The van der Waals surface area contributed by atoms with Gasteiger partial charge in [0.2, 0.25) is 0 Å². The summed E-state index contributed by atoms with van der Waals surface area (Å²) in [5.74, 6) is 0.908. The van der Waals surface area contributed by atoms with Gasteiger partial charge in [-0.05, 0) is 29.4 Å². The van der Waals surface area contributed by atoms with Gasteiger partial charge in [-0.3, -0.25) is 9.67 Å². The first-order valence-electron chi connectivity index (χ1n) is 6.65. The maximum Gasteiger partial charge on any atom is 0.195 e. The molecule has 0 saturated heterocycles. The van der Waals surface area contributed by atoms with Crippen LogP contribution in [0.15, 0.2) is 54.6 Å². The molecule has 0 aliphatic heterocycles. The highest BCUT2D eigenvalue weighted by Crippen LogP contribution is 2.17. The van der Waals surface area contributed by atoms with E-state index in [4.69, 9.17) is 23.8 Å². The minimum absolute atomic E-state index is 0.612. The topological polar surface area (TPSA) is 33.6 Å². The fourth-order valence-corrected chi connectivity index (χ4v) is 2.63. The molecular weight excluding hydrogens is 302 g/mol. The highest BCUT2D eigenvalue weighted by Gasteiger charge is 2.09. The Kier molecular flexibility index (Phi) is 4.18. The molecular formula is C16H14ClN3S. The molecule has 21 heavy (non-hydrogen) atoms. The summed E-state index contributed by atoms with van der Waals surface area (Å²) in [4.78, 5) is 0. The third-order valence-corrected chi connectivity index (χ3v) is 4.01. The largest absolute Gasteiger partial charge is 0.299 e. The predicted molar refractivity (Wildman–Crippen MR) is 87.2 cm³/mol. The number of rotatable bonds is 4. The van der Waals surface area contributed by atoms with Crippen LogP contribution in [0.1, 0.15) is 17.0 Å². The van der Waals surface area contributed by atoms with Crippen molar-refractivity contribution >= 4 is 23.8 Å². The Balaban J connectivity index is 1.91. The van der Waals surface area contributed by atoms with Crippen LogP contribution in [0.5, 0.6) is 0 Å². The van der Waals surface area contributed by atoms with E-state index in [0.717, 1.165) is 22.8 Å². The molecule has 2 aromatic carbocycles. The van der Waals surface area contributed by atoms with Gasteiger partial charge in [0.25, 0.3) is 0 Å². The molecule has 0 spiro atoms. The summed E-state index contributed by atoms with van der Waals surface area (Å²) in [5, 5.41) is 7.95. The summed E-state index contributed by atoms with van der Waals surface area (Å²) >= 11 is 11.6. The molecule has 1 heterocycles. The normalized spacial score (nSPS) is 10.7. The Hall–Kier alpha value is -1.91. The summed E-state index contributed by atoms with van der Waals surface area (Å²) in [7, 11) is 0. The molecule has 0 saturated carbocycles. The van der Waals surface area contributed by atoms with E-state index < -0.39 is 0 Å². The zero-order valence-electron chi connectivity index (χ0n) is 11.3. The lowest BCUT2D eigenvalue weighted by molar-refractivity contribution is 0.732. The highest BCUT2D eigenvalue weighted by molar-refractivity contribution is 7.71. The van der Waals surface area contributed by atoms with Gasteiger partial charge in [0.15, 0.2) is 4.77 Å². The first-order chi connectivity index (χ1) is 10.2. The van der Waals surface area contributed by atoms with Gasteiger partial charge in [0, 0.05) is 11.4 Å². The first-order valence-corrected chi connectivity index (χ1v) is 7.44. The minimum atomic E-state index is 0.612. The maximum atomic E-state index is 6.23. The molecule has 1 N–H and O–H groups in total. The zero-order chi connectivity index (χ0) is 14.7. The monoisotopic (exact) mass is 315 g/mol. The van der Waals surface area contributed by atoms with Crippen molar-refractivity contribution in [2.75, 3.05) is 0 Å². The van der Waals surface area contributed by atoms with Crippen LogP contribution in [0.4, 0.5) is 0 Å². The lowest BCUT2D eigenvalue weighted by atomic mass is 10.1. The number of aromatic nitrogens is 3. The molecule has 0 aliphatic carbocycles. The Morgan fingerprint density at radius 2 is 1.76 bits per heavy atom. The van der Waals surface area contributed by atoms with Gasteiger partial charge in [-0.15, -0.1) is 0 Å². The number of hydrogen-bond donors (Lipinski definition) is 1. The molecule has 3 aromatic rings. The van der Waals surface area contributed by atoms with Crippen LogP contribution >= 0.6 is 23.8 Å². The second-order valence-corrected chi connectivity index (χ2v) is 5.58. The van der Waals surface area contributed by atoms with E-state index in [1.165, 1.54) is 5.56 Å². The number of hydrogen-bond acceptors (Lipinski definition) is 2. The Morgan fingerprint density at radius 3 is 2.52 bits per heavy atom. The molecule has 0 aliphatic rings. The molecule has 106 valence electrons. The highest BCUT2D eigenvalue weighted by atomic mass is 35.5. The Bertz CT molecular complexity index is 793. The van der Waals surface area contributed by atoms with Crippen molar-refractivity contribution in [1.82, 2.24) is 14.8 Å². The maximum absolute atomic E-state index is 6.23. The average molecular weight is 316 g/mol. The number of nitrogens with one attached hydrogen (secondary N) is 1. The van der Waals surface area contributed by atoms with Crippen LogP contribution in [-0.4, -0.2) is 14.8 Å². The fourth-order valence-electron chi connectivity index (χ4n) is 2.22. The van der Waals surface area contributed by atoms with Crippen LogP contribution in [-0.2, 0) is 13.0 Å². The molecule has 0 bridgehead atoms. The van der Waals surface area contributed by atoms with Crippen LogP contribution in [0.2, 0.25) is 5.02 Å². The number of aromatic amines is 1. The van der Waals surface area contributed by atoms with Crippen molar-refractivity contribution in [3.05, 3.63) is 81.3 Å². The van der Waals surface area contributed by atoms with Crippen molar-refractivity contribution in [2.24, 2.45) is 0 Å². The van der Waals surface area contributed by atoms with Gasteiger partial charge in [-0.25, -0.2) is 0 Å². The minimum Gasteiger partial charge on any atom is -0.299 e. The number of halogens is 1. The van der Waals surface area contributed by atoms with E-state index in [1.54, 1.807) is 0 Å². The van der Waals surface area contributed by atoms with Crippen molar-refractivity contribution in [1.29, 1.82) is 0 Å². The van der Waals surface area contributed by atoms with Crippen LogP contribution in [0.25, 0.3) is 0 Å². The van der Waals surface area contributed by atoms with Crippen molar-refractivity contribution in [3.63, 3.8) is 0 Å². The standard InChI is InChI=1S/C16H14ClN3S/c17-14-9-5-4-8-13(14)11-20-15(18-19-16(20)21)10-12-6-2-1-3-7-12/h1-9H,10-11H2,(H,19,21). The molecule has 0 atom stereocenters. The van der Waals surface area contributed by atoms with Crippen LogP contribution in [0.3, 0.4) is 0 Å². The molecule has 5 heteroatoms. The second-order valence-electron chi connectivity index (χ2n) is 4.78. The smallest absolute Gasteiger partial charge is 0.195 e. The number of H-pyrrole nitrogens is 1.